The van der Waals surface area contributed by atoms with Crippen LogP contribution in [0.2, 0.25) is 0 Å². The Hall–Kier alpha value is -4.46. The lowest BCUT2D eigenvalue weighted by atomic mass is 9.94. The van der Waals surface area contributed by atoms with E-state index in [2.05, 4.69) is 10.3 Å². The van der Waals surface area contributed by atoms with Gasteiger partial charge < -0.3 is 24.5 Å². The van der Waals surface area contributed by atoms with Crippen LogP contribution in [-0.4, -0.2) is 44.2 Å². The smallest absolute Gasteiger partial charge is 0.248 e. The fraction of sp³-hybridized carbons (Fsp3) is 0.333. The summed E-state index contributed by atoms with van der Waals surface area (Å²) in [5, 5.41) is 4.23. The molecule has 5 rings (SSSR count). The van der Waals surface area contributed by atoms with Crippen molar-refractivity contribution < 1.29 is 23.8 Å². The minimum absolute atomic E-state index is 0.0717. The first kappa shape index (κ1) is 28.1. The van der Waals surface area contributed by atoms with Crippen LogP contribution in [0.4, 0.5) is 5.69 Å². The standard InChI is InChI=1S/C33H37N3O5/c1-39-26-15-13-22(14-16-26)32(33(38)35-24-9-5-4-6-10-24)36(25-18-27(40-2)20-28(19-25)41-3)31(37)17-23-21-34-30-12-8-7-11-29(23)30/h7-8,11-16,18-21,24,32,34H,4-6,9-10,17H2,1-3H3,(H,35,38). The molecule has 1 unspecified atom stereocenters. The van der Waals surface area contributed by atoms with Gasteiger partial charge in [-0.15, -0.1) is 0 Å². The number of methoxy groups -OCH3 is 3. The minimum Gasteiger partial charge on any atom is -0.497 e. The van der Waals surface area contributed by atoms with E-state index in [0.717, 1.165) is 42.1 Å². The molecule has 4 aromatic rings. The molecule has 1 heterocycles. The van der Waals surface area contributed by atoms with E-state index in [0.29, 0.717) is 28.5 Å². The lowest BCUT2D eigenvalue weighted by Gasteiger charge is -2.34. The van der Waals surface area contributed by atoms with Crippen molar-refractivity contribution in [2.24, 2.45) is 0 Å². The lowest BCUT2D eigenvalue weighted by molar-refractivity contribution is -0.127. The number of amides is 2. The average molecular weight is 556 g/mol. The molecule has 8 nitrogen and oxygen atoms in total. The molecule has 0 bridgehead atoms. The topological polar surface area (TPSA) is 92.9 Å². The molecule has 41 heavy (non-hydrogen) atoms. The van der Waals surface area contributed by atoms with Crippen LogP contribution in [0.5, 0.6) is 17.2 Å². The van der Waals surface area contributed by atoms with E-state index in [1.54, 1.807) is 44.4 Å². The Balaban J connectivity index is 1.61. The number of para-hydroxylation sites is 1. The van der Waals surface area contributed by atoms with Crippen LogP contribution < -0.4 is 24.4 Å². The number of H-pyrrole nitrogens is 1. The number of fused-ring (bicyclic) bond motifs is 1. The highest BCUT2D eigenvalue weighted by molar-refractivity contribution is 6.03. The van der Waals surface area contributed by atoms with Gasteiger partial charge in [0, 0.05) is 41.3 Å². The molecule has 1 aliphatic carbocycles. The third-order valence-electron chi connectivity index (χ3n) is 7.79. The molecule has 2 amide bonds. The number of hydrogen-bond acceptors (Lipinski definition) is 5. The number of anilines is 1. The fourth-order valence-corrected chi connectivity index (χ4v) is 5.63. The van der Waals surface area contributed by atoms with Crippen LogP contribution >= 0.6 is 0 Å². The van der Waals surface area contributed by atoms with E-state index < -0.39 is 6.04 Å². The summed E-state index contributed by atoms with van der Waals surface area (Å²) in [5.74, 6) is 1.25. The second kappa shape index (κ2) is 12.8. The highest BCUT2D eigenvalue weighted by Gasteiger charge is 2.35. The van der Waals surface area contributed by atoms with Gasteiger partial charge in [0.2, 0.25) is 11.8 Å². The van der Waals surface area contributed by atoms with E-state index in [1.165, 1.54) is 6.42 Å². The predicted octanol–water partition coefficient (Wildman–Crippen LogP) is 5.96. The minimum atomic E-state index is -0.933. The molecule has 0 radical (unpaired) electrons. The third-order valence-corrected chi connectivity index (χ3v) is 7.79. The van der Waals surface area contributed by atoms with Gasteiger partial charge >= 0.3 is 0 Å². The van der Waals surface area contributed by atoms with Crippen molar-refractivity contribution in [1.29, 1.82) is 0 Å². The van der Waals surface area contributed by atoms with Crippen LogP contribution in [0, 0.1) is 0 Å². The van der Waals surface area contributed by atoms with Crippen molar-refractivity contribution in [2.75, 3.05) is 26.2 Å². The number of carbonyl (C=O) groups excluding carboxylic acids is 2. The monoisotopic (exact) mass is 555 g/mol. The van der Waals surface area contributed by atoms with Crippen molar-refractivity contribution in [1.82, 2.24) is 10.3 Å². The molecular formula is C33H37N3O5. The second-order valence-corrected chi connectivity index (χ2v) is 10.4. The van der Waals surface area contributed by atoms with E-state index in [1.807, 2.05) is 54.7 Å². The number of rotatable bonds is 10. The average Bonchev–Trinajstić information content (AvgIpc) is 3.42. The summed E-state index contributed by atoms with van der Waals surface area (Å²) in [6, 6.07) is 19.6. The molecule has 0 saturated heterocycles. The molecule has 1 fully saturated rings. The number of carbonyl (C=O) groups is 2. The largest absolute Gasteiger partial charge is 0.497 e. The van der Waals surface area contributed by atoms with Gasteiger partial charge in [0.05, 0.1) is 33.4 Å². The first-order chi connectivity index (χ1) is 20.0. The van der Waals surface area contributed by atoms with Crippen LogP contribution in [0.3, 0.4) is 0 Å². The van der Waals surface area contributed by atoms with Crippen LogP contribution in [0.25, 0.3) is 10.9 Å². The molecule has 1 aliphatic rings. The summed E-state index contributed by atoms with van der Waals surface area (Å²) < 4.78 is 16.5. The summed E-state index contributed by atoms with van der Waals surface area (Å²) in [6.07, 6.45) is 7.13. The zero-order chi connectivity index (χ0) is 28.8. The molecular weight excluding hydrogens is 518 g/mol. The molecule has 3 aromatic carbocycles. The Morgan fingerprint density at radius 3 is 2.20 bits per heavy atom. The summed E-state index contributed by atoms with van der Waals surface area (Å²) in [6.45, 7) is 0. The first-order valence-electron chi connectivity index (χ1n) is 14.0. The van der Waals surface area contributed by atoms with E-state index in [4.69, 9.17) is 14.2 Å². The number of benzene rings is 3. The van der Waals surface area contributed by atoms with Crippen LogP contribution in [0.15, 0.2) is 72.9 Å². The maximum absolute atomic E-state index is 14.4. The van der Waals surface area contributed by atoms with E-state index in [-0.39, 0.29) is 24.3 Å². The zero-order valence-electron chi connectivity index (χ0n) is 23.8. The van der Waals surface area contributed by atoms with Gasteiger partial charge in [-0.25, -0.2) is 0 Å². The van der Waals surface area contributed by atoms with Gasteiger partial charge in [0.1, 0.15) is 23.3 Å². The van der Waals surface area contributed by atoms with Crippen LogP contribution in [-0.2, 0) is 16.0 Å². The molecule has 2 N–H and O–H groups in total. The van der Waals surface area contributed by atoms with Gasteiger partial charge in [-0.3, -0.25) is 14.5 Å². The van der Waals surface area contributed by atoms with Gasteiger partial charge in [0.15, 0.2) is 0 Å². The normalized spacial score (nSPS) is 14.3. The summed E-state index contributed by atoms with van der Waals surface area (Å²) in [7, 11) is 4.72. The number of hydrogen-bond donors (Lipinski definition) is 2. The van der Waals surface area contributed by atoms with Gasteiger partial charge in [0.25, 0.3) is 0 Å². The third kappa shape index (κ3) is 6.32. The Kier molecular flexibility index (Phi) is 8.77. The predicted molar refractivity (Wildman–Crippen MR) is 160 cm³/mol. The Labute approximate surface area is 240 Å². The molecule has 1 aromatic heterocycles. The van der Waals surface area contributed by atoms with Crippen LogP contribution in [0.1, 0.15) is 49.3 Å². The Bertz CT molecular complexity index is 1470. The number of aromatic amines is 1. The highest BCUT2D eigenvalue weighted by atomic mass is 16.5. The highest BCUT2D eigenvalue weighted by Crippen LogP contribution is 2.36. The SMILES string of the molecule is COc1ccc(C(C(=O)NC2CCCCC2)N(C(=O)Cc2c[nH]c3ccccc23)c2cc(OC)cc(OC)c2)cc1. The molecule has 1 saturated carbocycles. The number of ether oxygens (including phenoxy) is 3. The van der Waals surface area contributed by atoms with Gasteiger partial charge in [-0.2, -0.15) is 0 Å². The summed E-state index contributed by atoms with van der Waals surface area (Å²) in [5.41, 5.74) is 2.98. The maximum atomic E-state index is 14.4. The van der Waals surface area contributed by atoms with Crippen molar-refractivity contribution in [3.63, 3.8) is 0 Å². The van der Waals surface area contributed by atoms with Crippen molar-refractivity contribution in [3.05, 3.63) is 84.1 Å². The lowest BCUT2D eigenvalue weighted by Crippen LogP contribution is -2.47. The molecule has 0 aliphatic heterocycles. The first-order valence-corrected chi connectivity index (χ1v) is 14.0. The molecule has 1 atom stereocenters. The summed E-state index contributed by atoms with van der Waals surface area (Å²) >= 11 is 0. The van der Waals surface area contributed by atoms with Crippen molar-refractivity contribution in [3.8, 4) is 17.2 Å². The zero-order valence-corrected chi connectivity index (χ0v) is 23.8. The van der Waals surface area contributed by atoms with Crippen molar-refractivity contribution in [2.45, 2.75) is 50.6 Å². The molecule has 8 heteroatoms. The molecule has 214 valence electrons. The Morgan fingerprint density at radius 1 is 0.878 bits per heavy atom. The number of aromatic nitrogens is 1. The van der Waals surface area contributed by atoms with Gasteiger partial charge in [-0.05, 0) is 42.2 Å². The quantitative estimate of drug-likeness (QED) is 0.252. The fourth-order valence-electron chi connectivity index (χ4n) is 5.63. The summed E-state index contributed by atoms with van der Waals surface area (Å²) in [4.78, 5) is 33.5. The number of nitrogens with one attached hydrogen (secondary N) is 2. The molecule has 0 spiro atoms. The second-order valence-electron chi connectivity index (χ2n) is 10.4. The number of nitrogens with zero attached hydrogens (tertiary/aromatic N) is 1. The maximum Gasteiger partial charge on any atom is 0.248 e. The Morgan fingerprint density at radius 2 is 1.54 bits per heavy atom. The van der Waals surface area contributed by atoms with Gasteiger partial charge in [-0.1, -0.05) is 49.6 Å². The van der Waals surface area contributed by atoms with E-state index >= 15 is 0 Å². The van der Waals surface area contributed by atoms with Crippen molar-refractivity contribution >= 4 is 28.4 Å². The van der Waals surface area contributed by atoms with E-state index in [9.17, 15) is 9.59 Å².